The van der Waals surface area contributed by atoms with Gasteiger partial charge >= 0.3 is 12.0 Å². The molecule has 1 aliphatic carbocycles. The third kappa shape index (κ3) is 3.09. The number of urea groups is 1. The van der Waals surface area contributed by atoms with E-state index in [9.17, 15) is 9.59 Å². The van der Waals surface area contributed by atoms with Crippen LogP contribution in [0.2, 0.25) is 0 Å². The zero-order valence-corrected chi connectivity index (χ0v) is 10.1. The van der Waals surface area contributed by atoms with Gasteiger partial charge in [0.05, 0.1) is 0 Å². The van der Waals surface area contributed by atoms with Crippen molar-refractivity contribution in [1.29, 1.82) is 0 Å². The number of hydrogen-bond donors (Lipinski definition) is 1. The van der Waals surface area contributed by atoms with E-state index in [1.807, 2.05) is 7.05 Å². The Morgan fingerprint density at radius 3 is 2.29 bits per heavy atom. The molecule has 1 heterocycles. The van der Waals surface area contributed by atoms with E-state index in [1.165, 1.54) is 4.90 Å². The number of likely N-dealkylation sites (N-methyl/N-ethyl adjacent to an activating group) is 1. The Labute approximate surface area is 101 Å². The molecular weight excluding hydrogens is 222 g/mol. The first-order valence-electron chi connectivity index (χ1n) is 6.04. The van der Waals surface area contributed by atoms with Gasteiger partial charge in [0.15, 0.2) is 0 Å². The van der Waals surface area contributed by atoms with Crippen LogP contribution >= 0.6 is 0 Å². The molecule has 0 radical (unpaired) electrons. The predicted octanol–water partition coefficient (Wildman–Crippen LogP) is -0.0972. The molecule has 0 aromatic rings. The fraction of sp³-hybridized carbons (Fsp3) is 0.818. The van der Waals surface area contributed by atoms with Gasteiger partial charge in [-0.25, -0.2) is 4.79 Å². The first-order chi connectivity index (χ1) is 8.08. The summed E-state index contributed by atoms with van der Waals surface area (Å²) >= 11 is 0. The highest BCUT2D eigenvalue weighted by molar-refractivity contribution is 5.80. The van der Waals surface area contributed by atoms with Gasteiger partial charge in [-0.15, -0.1) is 0 Å². The molecule has 1 N–H and O–H groups in total. The van der Waals surface area contributed by atoms with Gasteiger partial charge in [-0.3, -0.25) is 4.79 Å². The second kappa shape index (κ2) is 4.91. The topological polar surface area (TPSA) is 64.1 Å². The summed E-state index contributed by atoms with van der Waals surface area (Å²) in [6, 6.07) is 0.0428. The highest BCUT2D eigenvalue weighted by Gasteiger charge is 2.36. The summed E-state index contributed by atoms with van der Waals surface area (Å²) in [6.45, 7) is 2.93. The SMILES string of the molecule is CN1CCN(C(=O)N(CC(=O)O)C2CC2)CC1. The van der Waals surface area contributed by atoms with Crippen molar-refractivity contribution in [2.24, 2.45) is 0 Å². The van der Waals surface area contributed by atoms with Crippen molar-refractivity contribution >= 4 is 12.0 Å². The number of carbonyl (C=O) groups is 2. The zero-order valence-electron chi connectivity index (χ0n) is 10.1. The normalized spacial score (nSPS) is 21.4. The van der Waals surface area contributed by atoms with Gasteiger partial charge in [0.1, 0.15) is 6.54 Å². The molecule has 2 amide bonds. The van der Waals surface area contributed by atoms with E-state index in [1.54, 1.807) is 4.90 Å². The molecule has 6 heteroatoms. The number of nitrogens with zero attached hydrogens (tertiary/aromatic N) is 3. The van der Waals surface area contributed by atoms with Crippen LogP contribution in [0.1, 0.15) is 12.8 Å². The van der Waals surface area contributed by atoms with Crippen molar-refractivity contribution in [2.75, 3.05) is 39.8 Å². The maximum absolute atomic E-state index is 12.2. The zero-order chi connectivity index (χ0) is 12.4. The van der Waals surface area contributed by atoms with Crippen LogP contribution in [0, 0.1) is 0 Å². The van der Waals surface area contributed by atoms with Crippen LogP contribution < -0.4 is 0 Å². The van der Waals surface area contributed by atoms with Crippen molar-refractivity contribution in [2.45, 2.75) is 18.9 Å². The number of hydrogen-bond acceptors (Lipinski definition) is 3. The smallest absolute Gasteiger partial charge is 0.323 e. The number of aliphatic carboxylic acids is 1. The molecule has 0 unspecified atom stereocenters. The third-order valence-electron chi connectivity index (χ3n) is 3.31. The van der Waals surface area contributed by atoms with E-state index in [0.717, 1.165) is 25.9 Å². The maximum Gasteiger partial charge on any atom is 0.323 e. The first kappa shape index (κ1) is 12.2. The Morgan fingerprint density at radius 1 is 1.24 bits per heavy atom. The number of amides is 2. The fourth-order valence-electron chi connectivity index (χ4n) is 2.06. The van der Waals surface area contributed by atoms with Crippen molar-refractivity contribution in [3.8, 4) is 0 Å². The van der Waals surface area contributed by atoms with Crippen molar-refractivity contribution in [1.82, 2.24) is 14.7 Å². The van der Waals surface area contributed by atoms with Gasteiger partial charge in [-0.05, 0) is 19.9 Å². The van der Waals surface area contributed by atoms with Crippen molar-refractivity contribution in [3.63, 3.8) is 0 Å². The average molecular weight is 241 g/mol. The van der Waals surface area contributed by atoms with Gasteiger partial charge in [0.25, 0.3) is 0 Å². The van der Waals surface area contributed by atoms with Crippen LogP contribution in [0.25, 0.3) is 0 Å². The minimum atomic E-state index is -0.931. The van der Waals surface area contributed by atoms with Crippen LogP contribution in [0.15, 0.2) is 0 Å². The van der Waals surface area contributed by atoms with Crippen LogP contribution in [0.4, 0.5) is 4.79 Å². The summed E-state index contributed by atoms with van der Waals surface area (Å²) in [5, 5.41) is 8.83. The summed E-state index contributed by atoms with van der Waals surface area (Å²) in [5.74, 6) is -0.931. The maximum atomic E-state index is 12.2. The van der Waals surface area contributed by atoms with Crippen LogP contribution in [-0.4, -0.2) is 77.6 Å². The van der Waals surface area contributed by atoms with E-state index in [0.29, 0.717) is 13.1 Å². The summed E-state index contributed by atoms with van der Waals surface area (Å²) in [4.78, 5) is 28.4. The van der Waals surface area contributed by atoms with Crippen molar-refractivity contribution in [3.05, 3.63) is 0 Å². The molecule has 0 spiro atoms. The van der Waals surface area contributed by atoms with Gasteiger partial charge in [-0.1, -0.05) is 0 Å². The molecule has 2 aliphatic rings. The van der Waals surface area contributed by atoms with E-state index in [-0.39, 0.29) is 18.6 Å². The molecule has 0 aromatic heterocycles. The Balaban J connectivity index is 1.93. The molecule has 0 aromatic carbocycles. The summed E-state index contributed by atoms with van der Waals surface area (Å²) < 4.78 is 0. The van der Waals surface area contributed by atoms with E-state index >= 15 is 0 Å². The van der Waals surface area contributed by atoms with Gasteiger partial charge in [-0.2, -0.15) is 0 Å². The molecule has 17 heavy (non-hydrogen) atoms. The summed E-state index contributed by atoms with van der Waals surface area (Å²) in [6.07, 6.45) is 1.87. The van der Waals surface area contributed by atoms with E-state index in [4.69, 9.17) is 5.11 Å². The monoisotopic (exact) mass is 241 g/mol. The summed E-state index contributed by atoms with van der Waals surface area (Å²) in [5.41, 5.74) is 0. The molecule has 96 valence electrons. The third-order valence-corrected chi connectivity index (χ3v) is 3.31. The minimum Gasteiger partial charge on any atom is -0.480 e. The van der Waals surface area contributed by atoms with E-state index < -0.39 is 5.97 Å². The van der Waals surface area contributed by atoms with Crippen LogP contribution in [-0.2, 0) is 4.79 Å². The molecule has 0 atom stereocenters. The lowest BCUT2D eigenvalue weighted by molar-refractivity contribution is -0.137. The average Bonchev–Trinajstić information content (AvgIpc) is 3.09. The lowest BCUT2D eigenvalue weighted by Gasteiger charge is -2.35. The first-order valence-corrected chi connectivity index (χ1v) is 6.04. The van der Waals surface area contributed by atoms with Crippen LogP contribution in [0.5, 0.6) is 0 Å². The number of carboxylic acids is 1. The fourth-order valence-corrected chi connectivity index (χ4v) is 2.06. The number of carbonyl (C=O) groups excluding carboxylic acids is 1. The highest BCUT2D eigenvalue weighted by atomic mass is 16.4. The molecule has 2 fully saturated rings. The molecular formula is C11H19N3O3. The Morgan fingerprint density at radius 2 is 1.82 bits per heavy atom. The predicted molar refractivity (Wildman–Crippen MR) is 61.8 cm³/mol. The summed E-state index contributed by atoms with van der Waals surface area (Å²) in [7, 11) is 2.03. The Hall–Kier alpha value is -1.30. The van der Waals surface area contributed by atoms with Crippen LogP contribution in [0.3, 0.4) is 0 Å². The molecule has 1 aliphatic heterocycles. The van der Waals surface area contributed by atoms with Crippen molar-refractivity contribution < 1.29 is 14.7 Å². The molecule has 0 bridgehead atoms. The molecule has 2 rings (SSSR count). The van der Waals surface area contributed by atoms with Gasteiger partial charge in [0, 0.05) is 32.2 Å². The van der Waals surface area contributed by atoms with Gasteiger partial charge < -0.3 is 19.8 Å². The highest BCUT2D eigenvalue weighted by Crippen LogP contribution is 2.27. The number of piperazine rings is 1. The quantitative estimate of drug-likeness (QED) is 0.749. The Kier molecular flexibility index (Phi) is 3.51. The second-order valence-corrected chi connectivity index (χ2v) is 4.83. The number of rotatable bonds is 3. The largest absolute Gasteiger partial charge is 0.480 e. The second-order valence-electron chi connectivity index (χ2n) is 4.83. The van der Waals surface area contributed by atoms with Gasteiger partial charge in [0.2, 0.25) is 0 Å². The lowest BCUT2D eigenvalue weighted by atomic mass is 10.3. The molecule has 1 saturated carbocycles. The van der Waals surface area contributed by atoms with E-state index in [2.05, 4.69) is 4.90 Å². The Bertz CT molecular complexity index is 309. The minimum absolute atomic E-state index is 0.108. The molecule has 6 nitrogen and oxygen atoms in total. The lowest BCUT2D eigenvalue weighted by Crippen LogP contribution is -2.53. The molecule has 1 saturated heterocycles. The standard InChI is InChI=1S/C11H19N3O3/c1-12-4-6-13(7-5-12)11(17)14(8-10(15)16)9-2-3-9/h9H,2-8H2,1H3,(H,15,16). The number of carboxylic acid groups (broad SMARTS) is 1.